The van der Waals surface area contributed by atoms with Crippen molar-refractivity contribution in [1.82, 2.24) is 0 Å². The third-order valence-electron chi connectivity index (χ3n) is 5.90. The van der Waals surface area contributed by atoms with E-state index in [4.69, 9.17) is 29.6 Å². The predicted molar refractivity (Wildman–Crippen MR) is 169 cm³/mol. The minimum atomic E-state index is -1.96. The van der Waals surface area contributed by atoms with Crippen molar-refractivity contribution in [2.75, 3.05) is 0 Å². The summed E-state index contributed by atoms with van der Waals surface area (Å²) in [6.07, 6.45) is 0.686. The summed E-state index contributed by atoms with van der Waals surface area (Å²) in [6, 6.07) is 10.5. The maximum atomic E-state index is 6.96. The van der Waals surface area contributed by atoms with Crippen molar-refractivity contribution in [3.8, 4) is 0 Å². The van der Waals surface area contributed by atoms with Crippen molar-refractivity contribution < 1.29 is 18.0 Å². The average Bonchev–Trinajstić information content (AvgIpc) is 3.14. The largest absolute Gasteiger partial charge is 0.409 e. The van der Waals surface area contributed by atoms with Gasteiger partial charge in [-0.05, 0) is 111 Å². The van der Waals surface area contributed by atoms with Crippen molar-refractivity contribution in [1.29, 1.82) is 0 Å². The van der Waals surface area contributed by atoms with E-state index in [-0.39, 0.29) is 30.5 Å². The molecule has 1 aromatic heterocycles. The van der Waals surface area contributed by atoms with Gasteiger partial charge in [-0.2, -0.15) is 0 Å². The third-order valence-corrected chi connectivity index (χ3v) is 10.8. The summed E-state index contributed by atoms with van der Waals surface area (Å²) in [5.74, 6) is 0. The van der Waals surface area contributed by atoms with Gasteiger partial charge in [0.2, 0.25) is 0 Å². The number of benzene rings is 1. The standard InChI is InChI=1S/C27H44BrClO4SSi3/c1-11-22-25(31-35(2,3)4)27(33-37(8,9)10)26(32-36(5,6)7)24(30-22)18-12-14-21(29)19(16-18)17-20-13-15-23(28)34-20/h12-16,22,24-27H,11,17H2,1-10H3/t22-,24?,25-,26+,27+/m1/s1. The summed E-state index contributed by atoms with van der Waals surface area (Å²) < 4.78 is 28.8. The van der Waals surface area contributed by atoms with Crippen LogP contribution >= 0.6 is 38.9 Å². The van der Waals surface area contributed by atoms with Crippen LogP contribution in [-0.4, -0.2) is 49.4 Å². The van der Waals surface area contributed by atoms with Crippen molar-refractivity contribution in [3.05, 3.63) is 55.1 Å². The summed E-state index contributed by atoms with van der Waals surface area (Å²) in [5, 5.41) is 0.772. The Labute approximate surface area is 244 Å². The number of thiophene rings is 1. The van der Waals surface area contributed by atoms with E-state index >= 15 is 0 Å². The first-order chi connectivity index (χ1) is 17.0. The van der Waals surface area contributed by atoms with Gasteiger partial charge >= 0.3 is 0 Å². The van der Waals surface area contributed by atoms with Crippen LogP contribution in [0.25, 0.3) is 0 Å². The second-order valence-corrected chi connectivity index (χ2v) is 29.2. The normalized spacial score (nSPS) is 25.5. The Morgan fingerprint density at radius 2 is 1.41 bits per heavy atom. The predicted octanol–water partition coefficient (Wildman–Crippen LogP) is 9.27. The molecule has 37 heavy (non-hydrogen) atoms. The highest BCUT2D eigenvalue weighted by atomic mass is 79.9. The second kappa shape index (κ2) is 12.4. The Bertz CT molecular complexity index is 1050. The molecule has 3 rings (SSSR count). The Kier molecular flexibility index (Phi) is 10.6. The molecule has 5 atom stereocenters. The van der Waals surface area contributed by atoms with Gasteiger partial charge in [-0.1, -0.05) is 30.7 Å². The Morgan fingerprint density at radius 3 is 1.92 bits per heavy atom. The van der Waals surface area contributed by atoms with Crippen LogP contribution in [0.1, 0.15) is 35.5 Å². The number of ether oxygens (including phenoxy) is 1. The first-order valence-corrected chi connectivity index (χ1v) is 25.4. The molecule has 1 saturated heterocycles. The Hall–Kier alpha value is 0.181. The lowest BCUT2D eigenvalue weighted by atomic mass is 9.89. The molecule has 10 heteroatoms. The molecule has 1 unspecified atom stereocenters. The van der Waals surface area contributed by atoms with Crippen LogP contribution in [0.15, 0.2) is 34.1 Å². The zero-order valence-electron chi connectivity index (χ0n) is 24.0. The number of halogens is 2. The Balaban J connectivity index is 2.08. The average molecular weight is 664 g/mol. The molecule has 1 aromatic carbocycles. The quantitative estimate of drug-likeness (QED) is 0.238. The number of hydrogen-bond acceptors (Lipinski definition) is 5. The lowest BCUT2D eigenvalue weighted by Crippen LogP contribution is -2.62. The number of hydrogen-bond donors (Lipinski definition) is 0. The van der Waals surface area contributed by atoms with Crippen molar-refractivity contribution in [2.24, 2.45) is 0 Å². The van der Waals surface area contributed by atoms with Crippen LogP contribution in [0.3, 0.4) is 0 Å². The van der Waals surface area contributed by atoms with E-state index in [2.05, 4.69) is 106 Å². The molecule has 0 saturated carbocycles. The van der Waals surface area contributed by atoms with Gasteiger partial charge < -0.3 is 18.0 Å². The minimum absolute atomic E-state index is 0.0769. The number of rotatable bonds is 10. The Morgan fingerprint density at radius 1 is 0.838 bits per heavy atom. The summed E-state index contributed by atoms with van der Waals surface area (Å²) >= 11 is 12.0. The van der Waals surface area contributed by atoms with Crippen LogP contribution in [0.4, 0.5) is 0 Å². The zero-order valence-corrected chi connectivity index (χ0v) is 30.1. The molecule has 1 aliphatic rings. The van der Waals surface area contributed by atoms with E-state index in [0.29, 0.717) is 0 Å². The van der Waals surface area contributed by atoms with E-state index in [1.165, 1.54) is 4.88 Å². The van der Waals surface area contributed by atoms with E-state index in [0.717, 1.165) is 32.8 Å². The fourth-order valence-corrected chi connectivity index (χ4v) is 9.63. The van der Waals surface area contributed by atoms with Crippen molar-refractivity contribution in [2.45, 2.75) is 109 Å². The van der Waals surface area contributed by atoms with E-state index in [1.807, 2.05) is 6.07 Å². The van der Waals surface area contributed by atoms with Gasteiger partial charge in [0, 0.05) is 16.3 Å². The van der Waals surface area contributed by atoms with Crippen LogP contribution in [-0.2, 0) is 24.4 Å². The molecule has 4 nitrogen and oxygen atoms in total. The van der Waals surface area contributed by atoms with Gasteiger partial charge in [0.25, 0.3) is 0 Å². The van der Waals surface area contributed by atoms with Crippen molar-refractivity contribution >= 4 is 63.8 Å². The van der Waals surface area contributed by atoms with Crippen molar-refractivity contribution in [3.63, 3.8) is 0 Å². The zero-order chi connectivity index (χ0) is 27.8. The van der Waals surface area contributed by atoms with Gasteiger partial charge in [-0.25, -0.2) is 0 Å². The lowest BCUT2D eigenvalue weighted by Gasteiger charge is -2.51. The SMILES string of the molecule is CC[C@H]1OC(c2ccc(Cl)c(Cc3ccc(Br)s3)c2)[C@H](O[Si](C)(C)C)[C@@H](O[Si](C)(C)C)[C@@H]1O[Si](C)(C)C. The second-order valence-electron chi connectivity index (χ2n) is 12.8. The van der Waals surface area contributed by atoms with Gasteiger partial charge in [0.15, 0.2) is 25.0 Å². The van der Waals surface area contributed by atoms with Crippen LogP contribution in [0.5, 0.6) is 0 Å². The molecule has 0 amide bonds. The monoisotopic (exact) mass is 662 g/mol. The summed E-state index contributed by atoms with van der Waals surface area (Å²) in [5.41, 5.74) is 2.19. The van der Waals surface area contributed by atoms with Crippen LogP contribution < -0.4 is 0 Å². The van der Waals surface area contributed by atoms with Gasteiger partial charge in [-0.15, -0.1) is 11.3 Å². The van der Waals surface area contributed by atoms with Crippen LogP contribution in [0.2, 0.25) is 63.9 Å². The molecule has 1 aliphatic heterocycles. The lowest BCUT2D eigenvalue weighted by molar-refractivity contribution is -0.210. The minimum Gasteiger partial charge on any atom is -0.409 e. The van der Waals surface area contributed by atoms with Crippen LogP contribution in [0, 0.1) is 0 Å². The van der Waals surface area contributed by atoms with E-state index in [9.17, 15) is 0 Å². The van der Waals surface area contributed by atoms with E-state index < -0.39 is 25.0 Å². The molecule has 2 heterocycles. The topological polar surface area (TPSA) is 36.9 Å². The van der Waals surface area contributed by atoms with Gasteiger partial charge in [0.05, 0.1) is 16.0 Å². The molecule has 0 aliphatic carbocycles. The highest BCUT2D eigenvalue weighted by molar-refractivity contribution is 9.11. The van der Waals surface area contributed by atoms with E-state index in [1.54, 1.807) is 11.3 Å². The molecular weight excluding hydrogens is 620 g/mol. The first kappa shape index (κ1) is 31.7. The summed E-state index contributed by atoms with van der Waals surface area (Å²) in [6.45, 7) is 22.3. The highest BCUT2D eigenvalue weighted by Gasteiger charge is 2.51. The smallest absolute Gasteiger partial charge is 0.184 e. The van der Waals surface area contributed by atoms with Gasteiger partial charge in [-0.3, -0.25) is 0 Å². The summed E-state index contributed by atoms with van der Waals surface area (Å²) in [7, 11) is -5.76. The maximum absolute atomic E-state index is 6.96. The first-order valence-electron chi connectivity index (χ1n) is 13.2. The fraction of sp³-hybridized carbons (Fsp3) is 0.630. The molecule has 0 bridgehead atoms. The fourth-order valence-electron chi connectivity index (χ4n) is 4.68. The summed E-state index contributed by atoms with van der Waals surface area (Å²) in [4.78, 5) is 1.26. The maximum Gasteiger partial charge on any atom is 0.184 e. The molecule has 208 valence electrons. The van der Waals surface area contributed by atoms with Gasteiger partial charge in [0.1, 0.15) is 18.3 Å². The third kappa shape index (κ3) is 9.37. The molecule has 1 fully saturated rings. The highest BCUT2D eigenvalue weighted by Crippen LogP contribution is 2.42. The molecule has 0 spiro atoms. The molecular formula is C27H44BrClO4SSi3. The molecule has 0 N–H and O–H groups in total. The molecule has 2 aromatic rings. The molecule has 0 radical (unpaired) electrons.